The molecule has 0 fully saturated rings. The van der Waals surface area contributed by atoms with E-state index in [0.29, 0.717) is 83.1 Å². The van der Waals surface area contributed by atoms with Crippen molar-refractivity contribution in [1.82, 2.24) is 0 Å². The fourth-order valence-electron chi connectivity index (χ4n) is 17.9. The summed E-state index contributed by atoms with van der Waals surface area (Å²) in [4.78, 5) is 48.1. The maximum absolute atomic E-state index is 16.7. The van der Waals surface area contributed by atoms with Crippen molar-refractivity contribution in [1.29, 1.82) is 0 Å². The Balaban J connectivity index is 1.25. The van der Waals surface area contributed by atoms with Crippen LogP contribution >= 0.6 is 0 Å². The Morgan fingerprint density at radius 3 is 0.922 bits per heavy atom. The highest BCUT2D eigenvalue weighted by Gasteiger charge is 2.43. The summed E-state index contributed by atoms with van der Waals surface area (Å²) in [6.45, 7) is 53.6. The zero-order valence-electron chi connectivity index (χ0n) is 65.0. The number of hydrogen-bond acceptors (Lipinski definition) is 9. The molecule has 0 saturated carbocycles. The van der Waals surface area contributed by atoms with E-state index >= 15 is 4.79 Å². The molecule has 0 aliphatic carbocycles. The van der Waals surface area contributed by atoms with Crippen LogP contribution in [0, 0.1) is 21.7 Å². The van der Waals surface area contributed by atoms with Crippen molar-refractivity contribution in [3.63, 3.8) is 0 Å². The number of ether oxygens (including phenoxy) is 5. The SMILES string of the molecule is CC(C)c1cccc(C(C)C)c1N1C(=O)c2cc(Oc3ccc(C(C)(C)CC(C)(C)C)cc3)c3c4c(Oc5ccc(C(C)(C)CC(C)(C)C)cc5)cc5c6c(cc(Oc7ccc(C(C)(C)CC(C)(C)C)cc7)c(c7c(Oc8ccc(C(C)(C)CC(C)(C)C)cc8)cc(c2c37)C1O)c64)C(=O)OC5=O. The summed E-state index contributed by atoms with van der Waals surface area (Å²) in [5.41, 5.74) is 7.25. The summed E-state index contributed by atoms with van der Waals surface area (Å²) in [6.07, 6.45) is 2.14. The van der Waals surface area contributed by atoms with E-state index < -0.39 is 24.1 Å². The molecule has 2 aliphatic rings. The van der Waals surface area contributed by atoms with E-state index in [-0.39, 0.29) is 89.1 Å². The number of cyclic esters (lactones) is 2. The van der Waals surface area contributed by atoms with Crippen LogP contribution in [0.15, 0.2) is 140 Å². The lowest BCUT2D eigenvalue weighted by atomic mass is 9.72. The van der Waals surface area contributed by atoms with Gasteiger partial charge in [0.15, 0.2) is 6.23 Å². The molecule has 2 heterocycles. The lowest BCUT2D eigenvalue weighted by Crippen LogP contribution is -2.40. The third kappa shape index (κ3) is 14.1. The first-order valence-electron chi connectivity index (χ1n) is 36.7. The van der Waals surface area contributed by atoms with Gasteiger partial charge in [0.2, 0.25) is 0 Å². The number of rotatable bonds is 19. The molecule has 2 aliphatic heterocycles. The van der Waals surface area contributed by atoms with Gasteiger partial charge in [-0.25, -0.2) is 9.59 Å². The lowest BCUT2D eigenvalue weighted by Gasteiger charge is -2.38. The van der Waals surface area contributed by atoms with Crippen LogP contribution in [0.5, 0.6) is 46.0 Å². The first-order valence-corrected chi connectivity index (χ1v) is 36.7. The van der Waals surface area contributed by atoms with Gasteiger partial charge in [0.05, 0.1) is 22.4 Å². The first-order chi connectivity index (χ1) is 47.3. The number of para-hydroxylation sites is 1. The molecule has 1 amide bonds. The van der Waals surface area contributed by atoms with Crippen LogP contribution in [0.4, 0.5) is 5.69 Å². The van der Waals surface area contributed by atoms with Crippen LogP contribution in [0.25, 0.3) is 43.1 Å². The van der Waals surface area contributed by atoms with Crippen molar-refractivity contribution in [2.75, 3.05) is 4.90 Å². The molecule has 1 atom stereocenters. The molecule has 10 aromatic carbocycles. The number of hydrogen-bond donors (Lipinski definition) is 1. The lowest BCUT2D eigenvalue weighted by molar-refractivity contribution is 0.0390. The molecule has 534 valence electrons. The Bertz CT molecular complexity index is 4750. The normalized spacial score (nSPS) is 15.1. The van der Waals surface area contributed by atoms with Gasteiger partial charge in [-0.1, -0.05) is 233 Å². The average molecular weight is 1370 g/mol. The summed E-state index contributed by atoms with van der Waals surface area (Å²) >= 11 is 0. The molecular formula is C92H107NO9. The highest BCUT2D eigenvalue weighted by Crippen LogP contribution is 2.60. The molecule has 12 rings (SSSR count). The predicted octanol–water partition coefficient (Wildman–Crippen LogP) is 26.0. The van der Waals surface area contributed by atoms with Crippen molar-refractivity contribution in [3.8, 4) is 46.0 Å². The van der Waals surface area contributed by atoms with Crippen LogP contribution in [-0.2, 0) is 26.4 Å². The van der Waals surface area contributed by atoms with Gasteiger partial charge in [-0.3, -0.25) is 9.69 Å². The Labute approximate surface area is 605 Å². The molecule has 0 bridgehead atoms. The Hall–Kier alpha value is -8.73. The average Bonchev–Trinajstić information content (AvgIpc) is 0.672. The molecule has 10 aromatic rings. The summed E-state index contributed by atoms with van der Waals surface area (Å²) in [7, 11) is 0. The van der Waals surface area contributed by atoms with Crippen LogP contribution in [0.3, 0.4) is 0 Å². The van der Waals surface area contributed by atoms with Crippen molar-refractivity contribution in [2.45, 2.75) is 232 Å². The molecule has 0 aromatic heterocycles. The van der Waals surface area contributed by atoms with Crippen LogP contribution in [0.2, 0.25) is 0 Å². The fourth-order valence-corrected chi connectivity index (χ4v) is 17.9. The second-order valence-corrected chi connectivity index (χ2v) is 37.5. The molecule has 102 heavy (non-hydrogen) atoms. The van der Waals surface area contributed by atoms with Gasteiger partial charge >= 0.3 is 11.9 Å². The van der Waals surface area contributed by atoms with Crippen LogP contribution in [-0.4, -0.2) is 23.0 Å². The number of carbonyl (C=O) groups is 3. The topological polar surface area (TPSA) is 121 Å². The van der Waals surface area contributed by atoms with Crippen molar-refractivity contribution < 1.29 is 43.2 Å². The summed E-state index contributed by atoms with van der Waals surface area (Å²) in [5, 5.41) is 17.4. The van der Waals surface area contributed by atoms with E-state index in [9.17, 15) is 14.7 Å². The van der Waals surface area contributed by atoms with E-state index in [1.54, 1.807) is 17.0 Å². The van der Waals surface area contributed by atoms with E-state index in [0.717, 1.165) is 59.1 Å². The molecular weight excluding hydrogens is 1260 g/mol. The van der Waals surface area contributed by atoms with Gasteiger partial charge in [-0.2, -0.15) is 0 Å². The van der Waals surface area contributed by atoms with E-state index in [2.05, 4.69) is 215 Å². The molecule has 0 radical (unpaired) electrons. The second kappa shape index (κ2) is 25.6. The van der Waals surface area contributed by atoms with E-state index in [1.807, 2.05) is 78.9 Å². The zero-order valence-corrected chi connectivity index (χ0v) is 65.0. The van der Waals surface area contributed by atoms with Crippen molar-refractivity contribution >= 4 is 66.6 Å². The minimum atomic E-state index is -1.55. The molecule has 0 spiro atoms. The third-order valence-electron chi connectivity index (χ3n) is 20.7. The number of esters is 2. The summed E-state index contributed by atoms with van der Waals surface area (Å²) < 4.78 is 35.5. The maximum atomic E-state index is 16.7. The smallest absolute Gasteiger partial charge is 0.346 e. The van der Waals surface area contributed by atoms with Gasteiger partial charge in [0.25, 0.3) is 5.91 Å². The maximum Gasteiger partial charge on any atom is 0.346 e. The first kappa shape index (κ1) is 73.0. The third-order valence-corrected chi connectivity index (χ3v) is 20.7. The number of anilines is 1. The summed E-state index contributed by atoms with van der Waals surface area (Å²) in [6, 6.07) is 45.8. The van der Waals surface area contributed by atoms with Gasteiger partial charge in [-0.05, 0) is 187 Å². The minimum absolute atomic E-state index is 0.0428. The number of benzene rings is 10. The monoisotopic (exact) mass is 1370 g/mol. The Morgan fingerprint density at radius 2 is 0.637 bits per heavy atom. The number of fused-ring (bicyclic) bond motifs is 2. The predicted molar refractivity (Wildman–Crippen MR) is 418 cm³/mol. The Kier molecular flexibility index (Phi) is 18.3. The number of carbonyl (C=O) groups excluding carboxylic acids is 3. The fraction of sp³-hybridized carbons (Fsp3) is 0.424. The highest BCUT2D eigenvalue weighted by molar-refractivity contribution is 6.43. The van der Waals surface area contributed by atoms with E-state index in [4.69, 9.17) is 23.7 Å². The number of aliphatic hydroxyl groups is 1. The highest BCUT2D eigenvalue weighted by atomic mass is 16.6. The molecule has 1 N–H and O–H groups in total. The van der Waals surface area contributed by atoms with Crippen molar-refractivity contribution in [2.24, 2.45) is 21.7 Å². The Morgan fingerprint density at radius 1 is 0.363 bits per heavy atom. The quantitative estimate of drug-likeness (QED) is 0.0365. The summed E-state index contributed by atoms with van der Waals surface area (Å²) in [5.74, 6) is 0.791. The van der Waals surface area contributed by atoms with Gasteiger partial charge < -0.3 is 28.8 Å². The van der Waals surface area contributed by atoms with Crippen molar-refractivity contribution in [3.05, 3.63) is 195 Å². The van der Waals surface area contributed by atoms with Crippen LogP contribution < -0.4 is 23.8 Å². The van der Waals surface area contributed by atoms with E-state index in [1.165, 1.54) is 0 Å². The number of aliphatic hydroxyl groups excluding tert-OH is 1. The molecule has 0 saturated heterocycles. The minimum Gasteiger partial charge on any atom is -0.457 e. The largest absolute Gasteiger partial charge is 0.457 e. The molecule has 10 heteroatoms. The van der Waals surface area contributed by atoms with Crippen LogP contribution in [0.1, 0.15) is 280 Å². The standard InChI is InChI=1S/C92H107NO9/c1-52(2)62-26-25-27-63(53(3)4)80(62)93-81(94)64-44-68(98-58-36-28-54(29-37-58)89(17,18)48-85(5,6)7)74-76-70(100-60-40-32-56(33-41-60)91(21,22)50-87(11,12)13)46-66-73-67(84(97)102-83(66)96)47-71(101-61-42-34-57(35-43-61)92(23,24)51-88(14,15)16)77(79(73)76)75-69(45-65(82(93)95)72(64)78(74)75)99-59-38-30-55(31-39-59)90(19,20)49-86(8,9)10/h25-47,52-53,81,94H,48-51H2,1-24H3. The molecule has 10 nitrogen and oxygen atoms in total. The molecule has 1 unspecified atom stereocenters. The van der Waals surface area contributed by atoms with Gasteiger partial charge in [0, 0.05) is 48.7 Å². The van der Waals surface area contributed by atoms with Gasteiger partial charge in [-0.15, -0.1) is 0 Å². The van der Waals surface area contributed by atoms with Gasteiger partial charge in [0.1, 0.15) is 46.0 Å². The second-order valence-electron chi connectivity index (χ2n) is 37.5. The number of nitrogens with zero attached hydrogens (tertiary/aromatic N) is 1. The zero-order chi connectivity index (χ0) is 74.3. The number of amides is 1.